The molecule has 3 rings (SSSR count). The van der Waals surface area contributed by atoms with Gasteiger partial charge in [-0.05, 0) is 64.2 Å². The first-order valence-corrected chi connectivity index (χ1v) is 16.4. The first-order chi connectivity index (χ1) is 19.9. The summed E-state index contributed by atoms with van der Waals surface area (Å²) in [7, 11) is 0. The molecule has 2 fully saturated rings. The summed E-state index contributed by atoms with van der Waals surface area (Å²) >= 11 is 1.26. The largest absolute Gasteiger partial charge is 0.465 e. The SMILES string of the molecule is CCCCC(CC)COC(=O)CCSc1nc(C(N)=O)c(N2CCC3(CCC[C@H]3NC(=O)OC(C)(C)C)CC2)nc1N. The summed E-state index contributed by atoms with van der Waals surface area (Å²) in [6, 6.07) is 0.0379. The zero-order chi connectivity index (χ0) is 30.9. The summed E-state index contributed by atoms with van der Waals surface area (Å²) in [6.07, 6.45) is 8.74. The zero-order valence-electron chi connectivity index (χ0n) is 26.0. The van der Waals surface area contributed by atoms with Crippen LogP contribution in [-0.4, -0.2) is 65.0 Å². The molecule has 0 bridgehead atoms. The van der Waals surface area contributed by atoms with Gasteiger partial charge in [0.15, 0.2) is 17.3 Å². The van der Waals surface area contributed by atoms with Crippen LogP contribution in [0.25, 0.3) is 0 Å². The Morgan fingerprint density at radius 1 is 1.17 bits per heavy atom. The van der Waals surface area contributed by atoms with Crippen LogP contribution in [-0.2, 0) is 14.3 Å². The smallest absolute Gasteiger partial charge is 0.407 e. The number of ether oxygens (including phenoxy) is 2. The van der Waals surface area contributed by atoms with E-state index < -0.39 is 11.5 Å². The van der Waals surface area contributed by atoms with E-state index in [1.807, 2.05) is 25.7 Å². The fourth-order valence-corrected chi connectivity index (χ4v) is 6.72. The molecule has 1 aliphatic heterocycles. The maximum absolute atomic E-state index is 12.5. The number of rotatable bonds is 13. The van der Waals surface area contributed by atoms with Gasteiger partial charge in [0.1, 0.15) is 10.6 Å². The highest BCUT2D eigenvalue weighted by Crippen LogP contribution is 2.47. The lowest BCUT2D eigenvalue weighted by Gasteiger charge is -2.44. The Morgan fingerprint density at radius 2 is 1.88 bits per heavy atom. The number of primary amides is 1. The molecule has 1 aromatic heterocycles. The lowest BCUT2D eigenvalue weighted by molar-refractivity contribution is -0.144. The molecule has 1 aromatic rings. The zero-order valence-corrected chi connectivity index (χ0v) is 26.8. The second-order valence-electron chi connectivity index (χ2n) is 12.6. The number of unbranched alkanes of at least 4 members (excludes halogenated alkanes) is 1. The molecule has 42 heavy (non-hydrogen) atoms. The number of amides is 2. The van der Waals surface area contributed by atoms with Crippen molar-refractivity contribution in [1.82, 2.24) is 15.3 Å². The average molecular weight is 607 g/mol. The van der Waals surface area contributed by atoms with E-state index in [1.54, 1.807) is 0 Å². The van der Waals surface area contributed by atoms with E-state index in [0.717, 1.165) is 57.8 Å². The quantitative estimate of drug-likeness (QED) is 0.204. The molecule has 12 heteroatoms. The molecule has 1 unspecified atom stereocenters. The second kappa shape index (κ2) is 15.1. The van der Waals surface area contributed by atoms with Gasteiger partial charge < -0.3 is 31.2 Å². The fourth-order valence-electron chi connectivity index (χ4n) is 5.90. The number of carbonyl (C=O) groups is 3. The van der Waals surface area contributed by atoms with Gasteiger partial charge in [0.25, 0.3) is 5.91 Å². The number of alkyl carbamates (subject to hydrolysis) is 1. The minimum Gasteiger partial charge on any atom is -0.465 e. The number of aromatic nitrogens is 2. The van der Waals surface area contributed by atoms with Crippen molar-refractivity contribution in [3.05, 3.63) is 5.69 Å². The van der Waals surface area contributed by atoms with Crippen molar-refractivity contribution in [2.45, 2.75) is 115 Å². The van der Waals surface area contributed by atoms with E-state index in [1.165, 1.54) is 11.8 Å². The number of esters is 1. The maximum atomic E-state index is 12.5. The number of piperidine rings is 1. The molecule has 2 atom stereocenters. The van der Waals surface area contributed by atoms with Crippen LogP contribution in [0.3, 0.4) is 0 Å². The summed E-state index contributed by atoms with van der Waals surface area (Å²) in [5.41, 5.74) is 11.5. The van der Waals surface area contributed by atoms with E-state index in [2.05, 4.69) is 29.1 Å². The topological polar surface area (TPSA) is 163 Å². The monoisotopic (exact) mass is 606 g/mol. The third-order valence-electron chi connectivity index (χ3n) is 8.33. The number of nitrogens with zero attached hydrogens (tertiary/aromatic N) is 3. The Labute approximate surface area is 254 Å². The molecule has 2 amide bonds. The van der Waals surface area contributed by atoms with Gasteiger partial charge in [-0.25, -0.2) is 14.8 Å². The molecule has 2 heterocycles. The summed E-state index contributed by atoms with van der Waals surface area (Å²) in [5.74, 6) is 0.431. The molecule has 11 nitrogen and oxygen atoms in total. The predicted molar refractivity (Wildman–Crippen MR) is 165 cm³/mol. The molecule has 0 radical (unpaired) electrons. The molecule has 5 N–H and O–H groups in total. The second-order valence-corrected chi connectivity index (χ2v) is 13.7. The summed E-state index contributed by atoms with van der Waals surface area (Å²) in [6.45, 7) is 11.5. The maximum Gasteiger partial charge on any atom is 0.407 e. The van der Waals surface area contributed by atoms with Crippen LogP contribution in [0.2, 0.25) is 0 Å². The molecule has 1 aliphatic carbocycles. The van der Waals surface area contributed by atoms with E-state index in [9.17, 15) is 14.4 Å². The number of nitrogen functional groups attached to an aromatic ring is 1. The molecule has 1 saturated heterocycles. The minimum atomic E-state index is -0.679. The van der Waals surface area contributed by atoms with Crippen LogP contribution in [0, 0.1) is 11.3 Å². The van der Waals surface area contributed by atoms with E-state index >= 15 is 0 Å². The van der Waals surface area contributed by atoms with Crippen molar-refractivity contribution < 1.29 is 23.9 Å². The van der Waals surface area contributed by atoms with E-state index in [-0.39, 0.29) is 41.5 Å². The number of hydrogen-bond acceptors (Lipinski definition) is 10. The molecular formula is C30H50N6O5S. The Kier molecular flexibility index (Phi) is 12.1. The predicted octanol–water partition coefficient (Wildman–Crippen LogP) is 5.06. The van der Waals surface area contributed by atoms with Crippen molar-refractivity contribution >= 4 is 41.4 Å². The van der Waals surface area contributed by atoms with Crippen molar-refractivity contribution in [1.29, 1.82) is 0 Å². The third-order valence-corrected chi connectivity index (χ3v) is 9.31. The average Bonchev–Trinajstić information content (AvgIpc) is 3.29. The number of carbonyl (C=O) groups excluding carboxylic acids is 3. The van der Waals surface area contributed by atoms with Crippen molar-refractivity contribution in [3.8, 4) is 0 Å². The lowest BCUT2D eigenvalue weighted by Crippen LogP contribution is -2.51. The number of thioether (sulfide) groups is 1. The number of nitrogens with one attached hydrogen (secondary N) is 1. The van der Waals surface area contributed by atoms with Crippen molar-refractivity contribution in [2.24, 2.45) is 17.1 Å². The molecule has 1 saturated carbocycles. The first kappa shape index (κ1) is 33.7. The van der Waals surface area contributed by atoms with Gasteiger partial charge in [-0.2, -0.15) is 0 Å². The van der Waals surface area contributed by atoms with Gasteiger partial charge in [-0.1, -0.05) is 39.5 Å². The molecule has 2 aliphatic rings. The standard InChI is InChI=1S/C30H50N6O5S/c1-6-8-10-20(7-2)19-40-22(37)12-18-42-27-24(31)35-26(23(34-27)25(32)38)36-16-14-30(15-17-36)13-9-11-21(30)33-28(39)41-29(3,4)5/h20-21H,6-19H2,1-5H3,(H2,31,35)(H2,32,38)(H,33,39)/t20?,21-/m1/s1. The van der Waals surface area contributed by atoms with Crippen LogP contribution in [0.4, 0.5) is 16.4 Å². The summed E-state index contributed by atoms with van der Waals surface area (Å²) in [5, 5.41) is 3.49. The normalized spacial score (nSPS) is 19.0. The molecule has 236 valence electrons. The highest BCUT2D eigenvalue weighted by molar-refractivity contribution is 7.99. The lowest BCUT2D eigenvalue weighted by atomic mass is 9.74. The van der Waals surface area contributed by atoms with Crippen LogP contribution >= 0.6 is 11.8 Å². The number of nitrogens with two attached hydrogens (primary N) is 2. The summed E-state index contributed by atoms with van der Waals surface area (Å²) < 4.78 is 11.0. The minimum absolute atomic E-state index is 0.0309. The van der Waals surface area contributed by atoms with Crippen molar-refractivity contribution in [2.75, 3.05) is 36.1 Å². The molecule has 0 aromatic carbocycles. The van der Waals surface area contributed by atoms with Crippen LogP contribution in [0.1, 0.15) is 109 Å². The van der Waals surface area contributed by atoms with E-state index in [0.29, 0.717) is 42.2 Å². The Balaban J connectivity index is 1.58. The van der Waals surface area contributed by atoms with Gasteiger partial charge in [0.2, 0.25) is 0 Å². The molecule has 1 spiro atoms. The Bertz CT molecular complexity index is 1090. The van der Waals surface area contributed by atoms with Crippen LogP contribution in [0.15, 0.2) is 5.03 Å². The van der Waals surface area contributed by atoms with Gasteiger partial charge in [0.05, 0.1) is 13.0 Å². The summed E-state index contributed by atoms with van der Waals surface area (Å²) in [4.78, 5) is 48.2. The highest BCUT2D eigenvalue weighted by atomic mass is 32.2. The Hall–Kier alpha value is -2.76. The van der Waals surface area contributed by atoms with Gasteiger partial charge in [-0.15, -0.1) is 11.8 Å². The Morgan fingerprint density at radius 3 is 2.50 bits per heavy atom. The van der Waals surface area contributed by atoms with Crippen LogP contribution < -0.4 is 21.7 Å². The van der Waals surface area contributed by atoms with Crippen molar-refractivity contribution in [3.63, 3.8) is 0 Å². The molecular weight excluding hydrogens is 556 g/mol. The van der Waals surface area contributed by atoms with Crippen LogP contribution in [0.5, 0.6) is 0 Å². The van der Waals surface area contributed by atoms with E-state index in [4.69, 9.17) is 20.9 Å². The third kappa shape index (κ3) is 9.37. The number of hydrogen-bond donors (Lipinski definition) is 3. The fraction of sp³-hybridized carbons (Fsp3) is 0.767. The van der Waals surface area contributed by atoms with Gasteiger partial charge >= 0.3 is 12.1 Å². The highest BCUT2D eigenvalue weighted by Gasteiger charge is 2.46. The van der Waals surface area contributed by atoms with Gasteiger partial charge in [0, 0.05) is 24.9 Å². The van der Waals surface area contributed by atoms with Gasteiger partial charge in [-0.3, -0.25) is 9.59 Å². The first-order valence-electron chi connectivity index (χ1n) is 15.4. The number of anilines is 2.